The smallest absolute Gasteiger partial charge is 0.139 e. The van der Waals surface area contributed by atoms with Gasteiger partial charge in [0.2, 0.25) is 0 Å². The van der Waals surface area contributed by atoms with Crippen molar-refractivity contribution in [1.29, 1.82) is 0 Å². The van der Waals surface area contributed by atoms with Crippen molar-refractivity contribution in [1.82, 2.24) is 15.0 Å². The Morgan fingerprint density at radius 1 is 1.25 bits per heavy atom. The zero-order chi connectivity index (χ0) is 17.5. The van der Waals surface area contributed by atoms with Crippen LogP contribution in [0, 0.1) is 13.8 Å². The molecule has 24 heavy (non-hydrogen) atoms. The molecule has 2 aromatic rings. The standard InChI is InChI=1S/C19H19ClN4/c1-5-21-11-13(2)18-9-7-16(12-22-18)19-23-14(3)6-8-17(20)10-15(4)24-19/h5-12H,1-2H2,3-4H3,(H,23,24). The van der Waals surface area contributed by atoms with Crippen LogP contribution < -0.4 is 0 Å². The zero-order valence-electron chi connectivity index (χ0n) is 13.8. The van der Waals surface area contributed by atoms with E-state index in [1.807, 2.05) is 44.2 Å². The summed E-state index contributed by atoms with van der Waals surface area (Å²) in [5.41, 5.74) is 4.06. The molecule has 0 spiro atoms. The van der Waals surface area contributed by atoms with Crippen LogP contribution in [-0.4, -0.2) is 21.2 Å². The molecule has 0 unspecified atom stereocenters. The zero-order valence-corrected chi connectivity index (χ0v) is 14.5. The Balaban J connectivity index is 2.47. The predicted molar refractivity (Wildman–Crippen MR) is 102 cm³/mol. The van der Waals surface area contributed by atoms with Crippen LogP contribution in [0.25, 0.3) is 17.0 Å². The summed E-state index contributed by atoms with van der Waals surface area (Å²) < 4.78 is 0. The minimum Gasteiger partial charge on any atom is -0.343 e. The maximum absolute atomic E-state index is 6.13. The van der Waals surface area contributed by atoms with Crippen molar-refractivity contribution in [3.63, 3.8) is 0 Å². The van der Waals surface area contributed by atoms with Crippen molar-refractivity contribution in [2.24, 2.45) is 4.99 Å². The minimum atomic E-state index is 0.641. The molecule has 1 N–H and O–H groups in total. The van der Waals surface area contributed by atoms with E-state index in [2.05, 4.69) is 33.1 Å². The molecule has 0 aliphatic heterocycles. The number of aliphatic imine (C=N–C) groups is 1. The SMILES string of the molecule is C=CN=CC(=C)c1ccc(-c2nc(C)ccc(Cl)cc(C)[nH]2)cn1. The van der Waals surface area contributed by atoms with E-state index >= 15 is 0 Å². The van der Waals surface area contributed by atoms with Crippen LogP contribution in [0.3, 0.4) is 0 Å². The molecule has 0 aliphatic rings. The number of nitrogens with one attached hydrogen (secondary N) is 1. The van der Waals surface area contributed by atoms with Gasteiger partial charge in [-0.05, 0) is 44.2 Å². The maximum Gasteiger partial charge on any atom is 0.139 e. The van der Waals surface area contributed by atoms with E-state index in [1.54, 1.807) is 12.4 Å². The number of aromatic nitrogens is 3. The van der Waals surface area contributed by atoms with Gasteiger partial charge in [-0.25, -0.2) is 4.98 Å². The van der Waals surface area contributed by atoms with Gasteiger partial charge < -0.3 is 4.98 Å². The van der Waals surface area contributed by atoms with Gasteiger partial charge in [-0.2, -0.15) is 0 Å². The molecule has 2 aromatic heterocycles. The quantitative estimate of drug-likeness (QED) is 0.789. The van der Waals surface area contributed by atoms with Gasteiger partial charge in [0.25, 0.3) is 0 Å². The van der Waals surface area contributed by atoms with Crippen molar-refractivity contribution in [2.45, 2.75) is 13.8 Å². The van der Waals surface area contributed by atoms with Crippen LogP contribution in [0.15, 0.2) is 60.9 Å². The molecule has 2 heterocycles. The van der Waals surface area contributed by atoms with Crippen LogP contribution in [0.5, 0.6) is 0 Å². The maximum atomic E-state index is 6.13. The summed E-state index contributed by atoms with van der Waals surface area (Å²) in [5.74, 6) is 0.710. The first-order chi connectivity index (χ1) is 11.5. The normalized spacial score (nSPS) is 10.5. The number of hydrogen-bond acceptors (Lipinski definition) is 3. The number of H-pyrrole nitrogens is 1. The lowest BCUT2D eigenvalue weighted by molar-refractivity contribution is 1.11. The van der Waals surface area contributed by atoms with Gasteiger partial charge in [-0.1, -0.05) is 24.8 Å². The summed E-state index contributed by atoms with van der Waals surface area (Å²) in [6.07, 6.45) is 4.83. The predicted octanol–water partition coefficient (Wildman–Crippen LogP) is 5.09. The molecule has 0 bridgehead atoms. The van der Waals surface area contributed by atoms with E-state index in [9.17, 15) is 0 Å². The highest BCUT2D eigenvalue weighted by Crippen LogP contribution is 2.17. The van der Waals surface area contributed by atoms with Gasteiger partial charge in [0.1, 0.15) is 5.82 Å². The first-order valence-corrected chi connectivity index (χ1v) is 7.75. The summed E-state index contributed by atoms with van der Waals surface area (Å²) in [7, 11) is 0. The van der Waals surface area contributed by atoms with Crippen molar-refractivity contribution in [3.8, 4) is 11.4 Å². The second-order valence-electron chi connectivity index (χ2n) is 5.19. The lowest BCUT2D eigenvalue weighted by atomic mass is 10.2. The second-order valence-corrected chi connectivity index (χ2v) is 5.63. The van der Waals surface area contributed by atoms with Crippen LogP contribution in [-0.2, 0) is 0 Å². The largest absolute Gasteiger partial charge is 0.343 e. The fraction of sp³-hybridized carbons (Fsp3) is 0.105. The molecule has 0 amide bonds. The van der Waals surface area contributed by atoms with Crippen molar-refractivity contribution in [3.05, 3.63) is 78.0 Å². The molecule has 2 rings (SSSR count). The first kappa shape index (κ1) is 17.6. The molecule has 0 saturated carbocycles. The fourth-order valence-corrected chi connectivity index (χ4v) is 2.22. The Morgan fingerprint density at radius 3 is 2.71 bits per heavy atom. The van der Waals surface area contributed by atoms with E-state index in [0.717, 1.165) is 22.6 Å². The van der Waals surface area contributed by atoms with Gasteiger partial charge >= 0.3 is 0 Å². The molecule has 0 aromatic carbocycles. The topological polar surface area (TPSA) is 53.9 Å². The average Bonchev–Trinajstić information content (AvgIpc) is 2.62. The lowest BCUT2D eigenvalue weighted by Crippen LogP contribution is -1.93. The molecule has 0 fully saturated rings. The van der Waals surface area contributed by atoms with Gasteiger partial charge in [0, 0.05) is 46.2 Å². The highest BCUT2D eigenvalue weighted by Gasteiger charge is 2.03. The van der Waals surface area contributed by atoms with Crippen LogP contribution in [0.1, 0.15) is 17.1 Å². The van der Waals surface area contributed by atoms with Gasteiger partial charge in [-0.3, -0.25) is 9.98 Å². The fourth-order valence-electron chi connectivity index (χ4n) is 1.99. The van der Waals surface area contributed by atoms with E-state index in [4.69, 9.17) is 11.6 Å². The Labute approximate surface area is 147 Å². The summed E-state index contributed by atoms with van der Waals surface area (Å²) >= 11 is 6.13. The summed E-state index contributed by atoms with van der Waals surface area (Å²) in [5, 5.41) is 0.641. The number of halogens is 1. The van der Waals surface area contributed by atoms with Crippen LogP contribution >= 0.6 is 11.6 Å². The number of aryl methyl sites for hydroxylation is 2. The number of aromatic amines is 1. The highest BCUT2D eigenvalue weighted by molar-refractivity contribution is 6.30. The molecule has 122 valence electrons. The molecule has 5 heteroatoms. The number of allylic oxidation sites excluding steroid dienone is 1. The Morgan fingerprint density at radius 2 is 2.04 bits per heavy atom. The molecular formula is C19H19ClN4. The summed E-state index contributed by atoms with van der Waals surface area (Å²) in [6, 6.07) is 9.36. The molecule has 0 atom stereocenters. The number of pyridine rings is 1. The molecule has 0 radical (unpaired) electrons. The van der Waals surface area contributed by atoms with E-state index < -0.39 is 0 Å². The summed E-state index contributed by atoms with van der Waals surface area (Å²) in [4.78, 5) is 16.2. The third-order valence-corrected chi connectivity index (χ3v) is 3.38. The monoisotopic (exact) mass is 338 g/mol. The Bertz CT molecular complexity index is 831. The van der Waals surface area contributed by atoms with Crippen molar-refractivity contribution >= 4 is 23.4 Å². The third kappa shape index (κ3) is 4.89. The Kier molecular flexibility index (Phi) is 6.04. The first-order valence-electron chi connectivity index (χ1n) is 7.37. The van der Waals surface area contributed by atoms with Crippen molar-refractivity contribution in [2.75, 3.05) is 0 Å². The number of hydrogen-bond donors (Lipinski definition) is 1. The average molecular weight is 339 g/mol. The Hall–Kier alpha value is -2.72. The molecular weight excluding hydrogens is 320 g/mol. The van der Waals surface area contributed by atoms with Crippen LogP contribution in [0.2, 0.25) is 5.02 Å². The minimum absolute atomic E-state index is 0.641. The van der Waals surface area contributed by atoms with Crippen LogP contribution in [0.4, 0.5) is 0 Å². The van der Waals surface area contributed by atoms with E-state index in [1.165, 1.54) is 6.20 Å². The highest BCUT2D eigenvalue weighted by atomic mass is 35.5. The van der Waals surface area contributed by atoms with Crippen molar-refractivity contribution < 1.29 is 0 Å². The van der Waals surface area contributed by atoms with E-state index in [0.29, 0.717) is 16.4 Å². The van der Waals surface area contributed by atoms with E-state index in [-0.39, 0.29) is 0 Å². The molecule has 4 nitrogen and oxygen atoms in total. The van der Waals surface area contributed by atoms with Gasteiger partial charge in [-0.15, -0.1) is 0 Å². The second kappa shape index (κ2) is 8.22. The number of rotatable bonds is 4. The van der Waals surface area contributed by atoms with Gasteiger partial charge in [0.05, 0.1) is 5.69 Å². The molecule has 0 aliphatic carbocycles. The lowest BCUT2D eigenvalue weighted by Gasteiger charge is -2.03. The third-order valence-electron chi connectivity index (χ3n) is 3.14. The summed E-state index contributed by atoms with van der Waals surface area (Å²) in [6.45, 7) is 11.3. The number of nitrogens with zero attached hydrogens (tertiary/aromatic N) is 3. The molecule has 0 saturated heterocycles. The van der Waals surface area contributed by atoms with Gasteiger partial charge in [0.15, 0.2) is 0 Å².